The summed E-state index contributed by atoms with van der Waals surface area (Å²) in [4.78, 5) is 5.21. The molecule has 3 fully saturated rings. The molecule has 1 nitrogen and oxygen atoms in total. The van der Waals surface area contributed by atoms with Gasteiger partial charge in [-0.3, -0.25) is 4.99 Å². The third kappa shape index (κ3) is 4.03. The van der Waals surface area contributed by atoms with Crippen LogP contribution in [0.4, 0.5) is 0 Å². The summed E-state index contributed by atoms with van der Waals surface area (Å²) in [6, 6.07) is 12.1. The topological polar surface area (TPSA) is 12.4 Å². The zero-order valence-corrected chi connectivity index (χ0v) is 17.8. The van der Waals surface area contributed by atoms with E-state index >= 15 is 0 Å². The number of hydrogen-bond donors (Lipinski definition) is 0. The van der Waals surface area contributed by atoms with Crippen LogP contribution in [0.5, 0.6) is 0 Å². The highest BCUT2D eigenvalue weighted by atomic mass is 14.8. The molecule has 3 unspecified atom stereocenters. The number of rotatable bonds is 4. The first-order valence-corrected chi connectivity index (χ1v) is 11.5. The molecule has 0 heterocycles. The summed E-state index contributed by atoms with van der Waals surface area (Å²) in [5, 5.41) is 0. The standard InChI is InChI=1S/C26H39N/c1-4-25(20-27-23-13-9-6-10-14-23)16-21-15-24(2,3)18-26(17-21,19-25)22-11-7-5-8-12-22/h5,7-8,11-12,20-21,23H,4,6,9-10,13-19H2,1-3H3. The van der Waals surface area contributed by atoms with E-state index in [4.69, 9.17) is 4.99 Å². The first-order chi connectivity index (χ1) is 12.9. The Bertz CT molecular complexity index is 654. The van der Waals surface area contributed by atoms with Crippen LogP contribution in [0, 0.1) is 16.7 Å². The Morgan fingerprint density at radius 3 is 2.41 bits per heavy atom. The van der Waals surface area contributed by atoms with Crippen LogP contribution in [0.3, 0.4) is 0 Å². The highest BCUT2D eigenvalue weighted by Gasteiger charge is 2.53. The van der Waals surface area contributed by atoms with E-state index in [1.807, 2.05) is 0 Å². The number of fused-ring (bicyclic) bond motifs is 2. The molecule has 2 bridgehead atoms. The molecule has 27 heavy (non-hydrogen) atoms. The van der Waals surface area contributed by atoms with Gasteiger partial charge < -0.3 is 0 Å². The Morgan fingerprint density at radius 1 is 0.963 bits per heavy atom. The smallest absolute Gasteiger partial charge is 0.0496 e. The Hall–Kier alpha value is -1.11. The van der Waals surface area contributed by atoms with Crippen molar-refractivity contribution in [2.24, 2.45) is 21.7 Å². The lowest BCUT2D eigenvalue weighted by Gasteiger charge is -2.57. The normalized spacial score (nSPS) is 36.8. The van der Waals surface area contributed by atoms with Crippen LogP contribution in [-0.2, 0) is 5.41 Å². The molecule has 1 aromatic rings. The first kappa shape index (κ1) is 19.2. The fraction of sp³-hybridized carbons (Fsp3) is 0.731. The maximum Gasteiger partial charge on any atom is 0.0496 e. The summed E-state index contributed by atoms with van der Waals surface area (Å²) in [5.41, 5.74) is 2.71. The minimum atomic E-state index is 0.312. The monoisotopic (exact) mass is 365 g/mol. The van der Waals surface area contributed by atoms with Crippen LogP contribution < -0.4 is 0 Å². The Kier molecular flexibility index (Phi) is 5.25. The predicted molar refractivity (Wildman–Crippen MR) is 117 cm³/mol. The van der Waals surface area contributed by atoms with E-state index in [2.05, 4.69) is 57.3 Å². The average molecular weight is 366 g/mol. The minimum Gasteiger partial charge on any atom is -0.294 e. The van der Waals surface area contributed by atoms with Crippen LogP contribution in [-0.4, -0.2) is 12.3 Å². The second-order valence-electron chi connectivity index (χ2n) is 10.9. The molecule has 1 heteroatoms. The van der Waals surface area contributed by atoms with Gasteiger partial charge in [0.05, 0.1) is 0 Å². The van der Waals surface area contributed by atoms with Crippen molar-refractivity contribution in [3.8, 4) is 0 Å². The summed E-state index contributed by atoms with van der Waals surface area (Å²) >= 11 is 0. The molecule has 0 radical (unpaired) electrons. The molecule has 0 N–H and O–H groups in total. The maximum atomic E-state index is 5.21. The molecule has 3 atom stereocenters. The molecule has 1 aromatic carbocycles. The van der Waals surface area contributed by atoms with Crippen molar-refractivity contribution in [1.82, 2.24) is 0 Å². The zero-order chi connectivity index (χ0) is 19.0. The van der Waals surface area contributed by atoms with E-state index < -0.39 is 0 Å². The van der Waals surface area contributed by atoms with E-state index in [0.717, 1.165) is 5.92 Å². The van der Waals surface area contributed by atoms with Gasteiger partial charge in [-0.15, -0.1) is 0 Å². The van der Waals surface area contributed by atoms with Crippen molar-refractivity contribution in [2.75, 3.05) is 0 Å². The summed E-state index contributed by atoms with van der Waals surface area (Å²) in [7, 11) is 0. The molecule has 0 aliphatic heterocycles. The second-order valence-corrected chi connectivity index (χ2v) is 10.9. The summed E-state index contributed by atoms with van der Waals surface area (Å²) in [6.07, 6.45) is 17.3. The van der Waals surface area contributed by atoms with Crippen LogP contribution in [0.15, 0.2) is 35.3 Å². The summed E-state index contributed by atoms with van der Waals surface area (Å²) in [6.45, 7) is 7.43. The quantitative estimate of drug-likeness (QED) is 0.495. The lowest BCUT2D eigenvalue weighted by Crippen LogP contribution is -2.50. The van der Waals surface area contributed by atoms with E-state index in [0.29, 0.717) is 22.3 Å². The first-order valence-electron chi connectivity index (χ1n) is 11.5. The van der Waals surface area contributed by atoms with Gasteiger partial charge in [0.15, 0.2) is 0 Å². The summed E-state index contributed by atoms with van der Waals surface area (Å²) in [5.74, 6) is 0.848. The largest absolute Gasteiger partial charge is 0.294 e. The summed E-state index contributed by atoms with van der Waals surface area (Å²) < 4.78 is 0. The zero-order valence-electron chi connectivity index (χ0n) is 17.8. The van der Waals surface area contributed by atoms with Gasteiger partial charge in [0.25, 0.3) is 0 Å². The molecule has 0 aromatic heterocycles. The van der Waals surface area contributed by atoms with Gasteiger partial charge >= 0.3 is 0 Å². The molecule has 0 amide bonds. The van der Waals surface area contributed by atoms with Gasteiger partial charge in [0.2, 0.25) is 0 Å². The number of hydrogen-bond acceptors (Lipinski definition) is 1. The Labute approximate surface area is 167 Å². The van der Waals surface area contributed by atoms with Crippen molar-refractivity contribution in [3.05, 3.63) is 35.9 Å². The van der Waals surface area contributed by atoms with Crippen LogP contribution in [0.2, 0.25) is 0 Å². The van der Waals surface area contributed by atoms with Gasteiger partial charge in [0, 0.05) is 17.7 Å². The van der Waals surface area contributed by atoms with Crippen molar-refractivity contribution in [3.63, 3.8) is 0 Å². The lowest BCUT2D eigenvalue weighted by molar-refractivity contribution is 0.00714. The highest BCUT2D eigenvalue weighted by molar-refractivity contribution is 5.67. The van der Waals surface area contributed by atoms with E-state index in [9.17, 15) is 0 Å². The highest BCUT2D eigenvalue weighted by Crippen LogP contribution is 2.61. The third-order valence-corrected chi connectivity index (χ3v) is 7.95. The van der Waals surface area contributed by atoms with E-state index in [1.165, 1.54) is 70.6 Å². The molecule has 3 saturated carbocycles. The Morgan fingerprint density at radius 2 is 1.70 bits per heavy atom. The number of aliphatic imine (C=N–C) groups is 1. The van der Waals surface area contributed by atoms with Gasteiger partial charge in [-0.1, -0.05) is 70.4 Å². The van der Waals surface area contributed by atoms with E-state index in [1.54, 1.807) is 5.56 Å². The SMILES string of the molecule is CCC1(C=NC2CCCCC2)CC2CC(C)(C)CC(c3ccccc3)(C2)C1. The molecule has 3 aliphatic carbocycles. The molecular weight excluding hydrogens is 326 g/mol. The third-order valence-electron chi connectivity index (χ3n) is 7.95. The van der Waals surface area contributed by atoms with Crippen molar-refractivity contribution in [1.29, 1.82) is 0 Å². The van der Waals surface area contributed by atoms with Crippen LogP contribution in [0.1, 0.15) is 97.0 Å². The van der Waals surface area contributed by atoms with Crippen molar-refractivity contribution >= 4 is 6.21 Å². The number of benzene rings is 1. The minimum absolute atomic E-state index is 0.312. The number of nitrogens with zero attached hydrogens (tertiary/aromatic N) is 1. The molecule has 4 rings (SSSR count). The fourth-order valence-corrected chi connectivity index (χ4v) is 7.13. The Balaban J connectivity index is 1.66. The molecule has 0 spiro atoms. The second kappa shape index (κ2) is 7.37. The predicted octanol–water partition coefficient (Wildman–Crippen LogP) is 7.34. The van der Waals surface area contributed by atoms with Gasteiger partial charge in [0.1, 0.15) is 0 Å². The molecular formula is C26H39N. The van der Waals surface area contributed by atoms with Gasteiger partial charge in [-0.2, -0.15) is 0 Å². The van der Waals surface area contributed by atoms with Gasteiger partial charge in [-0.25, -0.2) is 0 Å². The van der Waals surface area contributed by atoms with Gasteiger partial charge in [-0.05, 0) is 73.7 Å². The van der Waals surface area contributed by atoms with E-state index in [-0.39, 0.29) is 0 Å². The van der Waals surface area contributed by atoms with Crippen molar-refractivity contribution < 1.29 is 0 Å². The van der Waals surface area contributed by atoms with Crippen LogP contribution in [0.25, 0.3) is 0 Å². The lowest BCUT2D eigenvalue weighted by atomic mass is 9.47. The van der Waals surface area contributed by atoms with Crippen LogP contribution >= 0.6 is 0 Å². The molecule has 0 saturated heterocycles. The maximum absolute atomic E-state index is 5.21. The molecule has 148 valence electrons. The van der Waals surface area contributed by atoms with Crippen molar-refractivity contribution in [2.45, 2.75) is 103 Å². The molecule has 3 aliphatic rings. The fourth-order valence-electron chi connectivity index (χ4n) is 7.13. The average Bonchev–Trinajstić information content (AvgIpc) is 2.66.